The van der Waals surface area contributed by atoms with Gasteiger partial charge in [0.1, 0.15) is 16.3 Å². The summed E-state index contributed by atoms with van der Waals surface area (Å²) in [5.74, 6) is -3.17. The van der Waals surface area contributed by atoms with Crippen molar-refractivity contribution in [3.8, 4) is 0 Å². The molecule has 0 bridgehead atoms. The predicted molar refractivity (Wildman–Crippen MR) is 108 cm³/mol. The molecule has 0 fully saturated rings. The number of furan rings is 1. The number of thiazole rings is 1. The van der Waals surface area contributed by atoms with Gasteiger partial charge in [-0.1, -0.05) is 11.3 Å². The third kappa shape index (κ3) is 4.01. The van der Waals surface area contributed by atoms with Crippen molar-refractivity contribution >= 4 is 38.5 Å². The minimum absolute atomic E-state index is 0.0687. The average Bonchev–Trinajstić information content (AvgIpc) is 3.40. The number of fused-ring (bicyclic) bond motifs is 1. The van der Waals surface area contributed by atoms with Crippen LogP contribution in [0.4, 0.5) is 19.8 Å². The number of aromatic nitrogens is 3. The minimum atomic E-state index is -0.850. The third-order valence-corrected chi connectivity index (χ3v) is 5.52. The van der Waals surface area contributed by atoms with Crippen molar-refractivity contribution in [3.63, 3.8) is 0 Å². The Hall–Kier alpha value is -3.67. The summed E-state index contributed by atoms with van der Waals surface area (Å²) in [5, 5.41) is 15.3. The second-order valence-electron chi connectivity index (χ2n) is 6.73. The van der Waals surface area contributed by atoms with Gasteiger partial charge >= 0.3 is 5.88 Å². The summed E-state index contributed by atoms with van der Waals surface area (Å²) in [5.41, 5.74) is 1.60. The van der Waals surface area contributed by atoms with Crippen molar-refractivity contribution in [2.24, 2.45) is 0 Å². The lowest BCUT2D eigenvalue weighted by Gasteiger charge is -2.19. The lowest BCUT2D eigenvalue weighted by molar-refractivity contribution is -0.402. The molecule has 4 aromatic rings. The van der Waals surface area contributed by atoms with E-state index in [1.165, 1.54) is 11.0 Å². The highest BCUT2D eigenvalue weighted by atomic mass is 32.1. The fraction of sp³-hybridized carbons (Fsp3) is 0.211. The normalized spacial score (nSPS) is 11.2. The van der Waals surface area contributed by atoms with Gasteiger partial charge in [0.25, 0.3) is 5.91 Å². The number of amides is 1. The maximum Gasteiger partial charge on any atom is 0.433 e. The van der Waals surface area contributed by atoms with Crippen LogP contribution >= 0.6 is 11.3 Å². The molecule has 1 amide bonds. The van der Waals surface area contributed by atoms with Crippen molar-refractivity contribution in [2.75, 3.05) is 11.4 Å². The first-order valence-corrected chi connectivity index (χ1v) is 9.87. The predicted octanol–water partition coefficient (Wildman–Crippen LogP) is 4.24. The second kappa shape index (κ2) is 7.87. The Kier molecular flexibility index (Phi) is 5.23. The number of nitrogens with zero attached hydrogens (tertiary/aromatic N) is 5. The summed E-state index contributed by atoms with van der Waals surface area (Å²) < 4.78 is 34.7. The van der Waals surface area contributed by atoms with Crippen LogP contribution in [0, 0.1) is 35.6 Å². The van der Waals surface area contributed by atoms with E-state index in [2.05, 4.69) is 10.1 Å². The van der Waals surface area contributed by atoms with Crippen LogP contribution in [-0.4, -0.2) is 32.1 Å². The molecule has 0 radical (unpaired) electrons. The van der Waals surface area contributed by atoms with Gasteiger partial charge in [0, 0.05) is 18.3 Å². The third-order valence-electron chi connectivity index (χ3n) is 4.50. The lowest BCUT2D eigenvalue weighted by Crippen LogP contribution is -2.34. The molecule has 0 unspecified atom stereocenters. The maximum atomic E-state index is 14.1. The standard InChI is InChI=1S/C19H15F2N5O4S/c1-10-7-11(2)25(23-10)6-5-24(18(27)14-3-4-16(30-14)26(28)29)19-22-17-13(21)8-12(20)9-15(17)31-19/h3-4,7-9H,5-6H2,1-2H3. The molecule has 0 saturated heterocycles. The van der Waals surface area contributed by atoms with E-state index in [1.807, 2.05) is 19.9 Å². The van der Waals surface area contributed by atoms with Crippen LogP contribution in [0.2, 0.25) is 0 Å². The Morgan fingerprint density at radius 3 is 2.71 bits per heavy atom. The molecule has 1 aromatic carbocycles. The fourth-order valence-corrected chi connectivity index (χ4v) is 4.14. The molecule has 4 rings (SSSR count). The van der Waals surface area contributed by atoms with Crippen LogP contribution in [0.25, 0.3) is 10.2 Å². The number of hydrogen-bond acceptors (Lipinski definition) is 7. The summed E-state index contributed by atoms with van der Waals surface area (Å²) in [4.78, 5) is 28.6. The SMILES string of the molecule is Cc1cc(C)n(CCN(C(=O)c2ccc([N+](=O)[O-])o2)c2nc3c(F)cc(F)cc3s2)n1. The van der Waals surface area contributed by atoms with E-state index in [4.69, 9.17) is 4.42 Å². The highest BCUT2D eigenvalue weighted by Crippen LogP contribution is 2.32. The van der Waals surface area contributed by atoms with E-state index in [1.54, 1.807) is 4.68 Å². The largest absolute Gasteiger partial charge is 0.433 e. The van der Waals surface area contributed by atoms with Gasteiger partial charge in [-0.3, -0.25) is 24.5 Å². The zero-order valence-corrected chi connectivity index (χ0v) is 17.2. The van der Waals surface area contributed by atoms with E-state index in [-0.39, 0.29) is 34.2 Å². The van der Waals surface area contributed by atoms with Gasteiger partial charge in [-0.15, -0.1) is 0 Å². The van der Waals surface area contributed by atoms with Crippen LogP contribution < -0.4 is 4.90 Å². The van der Waals surface area contributed by atoms with Crippen LogP contribution in [0.1, 0.15) is 21.9 Å². The summed E-state index contributed by atoms with van der Waals surface area (Å²) in [7, 11) is 0. The highest BCUT2D eigenvalue weighted by Gasteiger charge is 2.27. The van der Waals surface area contributed by atoms with Crippen molar-refractivity contribution in [2.45, 2.75) is 20.4 Å². The smallest absolute Gasteiger partial charge is 0.395 e. The average molecular weight is 447 g/mol. The van der Waals surface area contributed by atoms with E-state index < -0.39 is 28.3 Å². The van der Waals surface area contributed by atoms with Gasteiger partial charge in [-0.25, -0.2) is 13.8 Å². The van der Waals surface area contributed by atoms with E-state index in [0.29, 0.717) is 6.07 Å². The Bertz CT molecular complexity index is 1310. The summed E-state index contributed by atoms with van der Waals surface area (Å²) in [6.07, 6.45) is 0. The number of rotatable bonds is 6. The van der Waals surface area contributed by atoms with Crippen LogP contribution in [-0.2, 0) is 6.54 Å². The molecule has 9 nitrogen and oxygen atoms in total. The van der Waals surface area contributed by atoms with E-state index in [9.17, 15) is 23.7 Å². The van der Waals surface area contributed by atoms with Gasteiger partial charge < -0.3 is 4.42 Å². The first kappa shape index (κ1) is 20.6. The number of aryl methyl sites for hydroxylation is 2. The molecule has 31 heavy (non-hydrogen) atoms. The molecule has 0 aliphatic carbocycles. The molecule has 0 aliphatic heterocycles. The summed E-state index contributed by atoms with van der Waals surface area (Å²) in [6, 6.07) is 5.97. The molecule has 12 heteroatoms. The van der Waals surface area contributed by atoms with E-state index in [0.717, 1.165) is 34.9 Å². The molecule has 0 spiro atoms. The van der Waals surface area contributed by atoms with Gasteiger partial charge in [-0.05, 0) is 32.0 Å². The minimum Gasteiger partial charge on any atom is -0.395 e. The molecular formula is C19H15F2N5O4S. The number of carbonyl (C=O) groups excluding carboxylic acids is 1. The molecular weight excluding hydrogens is 432 g/mol. The number of carbonyl (C=O) groups is 1. The fourth-order valence-electron chi connectivity index (χ4n) is 3.11. The van der Waals surface area contributed by atoms with Crippen molar-refractivity contribution < 1.29 is 22.9 Å². The van der Waals surface area contributed by atoms with Gasteiger partial charge in [0.05, 0.1) is 23.0 Å². The Morgan fingerprint density at radius 1 is 1.29 bits per heavy atom. The van der Waals surface area contributed by atoms with Gasteiger partial charge in [0.15, 0.2) is 16.7 Å². The van der Waals surface area contributed by atoms with Crippen LogP contribution in [0.15, 0.2) is 34.7 Å². The first-order valence-electron chi connectivity index (χ1n) is 9.05. The number of anilines is 1. The summed E-state index contributed by atoms with van der Waals surface area (Å²) >= 11 is 0.923. The highest BCUT2D eigenvalue weighted by molar-refractivity contribution is 7.22. The van der Waals surface area contributed by atoms with Crippen molar-refractivity contribution in [1.29, 1.82) is 0 Å². The van der Waals surface area contributed by atoms with Gasteiger partial charge in [0.2, 0.25) is 0 Å². The number of hydrogen-bond donors (Lipinski definition) is 0. The Labute approximate surface area is 177 Å². The first-order chi connectivity index (χ1) is 14.7. The maximum absolute atomic E-state index is 14.1. The number of halogens is 2. The topological polar surface area (TPSA) is 107 Å². The molecule has 0 aliphatic rings. The summed E-state index contributed by atoms with van der Waals surface area (Å²) in [6.45, 7) is 4.04. The lowest BCUT2D eigenvalue weighted by atomic mass is 10.3. The van der Waals surface area contributed by atoms with Crippen molar-refractivity contribution in [1.82, 2.24) is 14.8 Å². The molecule has 3 aromatic heterocycles. The zero-order valence-electron chi connectivity index (χ0n) is 16.3. The van der Waals surface area contributed by atoms with Crippen LogP contribution in [0.5, 0.6) is 0 Å². The second-order valence-corrected chi connectivity index (χ2v) is 7.74. The Balaban J connectivity index is 1.72. The van der Waals surface area contributed by atoms with Gasteiger partial charge in [-0.2, -0.15) is 5.10 Å². The van der Waals surface area contributed by atoms with Crippen LogP contribution in [0.3, 0.4) is 0 Å². The van der Waals surface area contributed by atoms with E-state index >= 15 is 0 Å². The molecule has 0 N–H and O–H groups in total. The quantitative estimate of drug-likeness (QED) is 0.323. The molecule has 0 saturated carbocycles. The molecule has 0 atom stereocenters. The molecule has 3 heterocycles. The van der Waals surface area contributed by atoms with Crippen molar-refractivity contribution in [3.05, 3.63) is 69.2 Å². The monoisotopic (exact) mass is 447 g/mol. The Morgan fingerprint density at radius 2 is 2.06 bits per heavy atom. The number of benzene rings is 1. The molecule has 160 valence electrons. The zero-order chi connectivity index (χ0) is 22.3. The number of nitro groups is 1.